The van der Waals surface area contributed by atoms with Gasteiger partial charge in [0, 0.05) is 17.9 Å². The summed E-state index contributed by atoms with van der Waals surface area (Å²) in [5, 5.41) is 2.79. The van der Waals surface area contributed by atoms with Crippen molar-refractivity contribution >= 4 is 11.6 Å². The van der Waals surface area contributed by atoms with Crippen LogP contribution in [0.25, 0.3) is 0 Å². The lowest BCUT2D eigenvalue weighted by Gasteiger charge is -2.13. The SMILES string of the molecule is Cc1cccc(Cn2c(C)cc(C)c2C(=O)Nc2cccc(F)c2)c1. The fourth-order valence-electron chi connectivity index (χ4n) is 3.10. The maximum atomic E-state index is 13.4. The third kappa shape index (κ3) is 3.79. The topological polar surface area (TPSA) is 34.0 Å². The number of benzene rings is 2. The lowest BCUT2D eigenvalue weighted by molar-refractivity contribution is 0.101. The van der Waals surface area contributed by atoms with Crippen LogP contribution in [0.2, 0.25) is 0 Å². The molecule has 0 aliphatic heterocycles. The lowest BCUT2D eigenvalue weighted by atomic mass is 10.1. The minimum Gasteiger partial charge on any atom is -0.336 e. The van der Waals surface area contributed by atoms with Gasteiger partial charge in [-0.3, -0.25) is 4.79 Å². The van der Waals surface area contributed by atoms with E-state index in [2.05, 4.69) is 30.4 Å². The van der Waals surface area contributed by atoms with Crippen LogP contribution in [0.1, 0.15) is 32.9 Å². The molecule has 0 aliphatic carbocycles. The van der Waals surface area contributed by atoms with Gasteiger partial charge in [0.15, 0.2) is 0 Å². The van der Waals surface area contributed by atoms with Crippen molar-refractivity contribution < 1.29 is 9.18 Å². The largest absolute Gasteiger partial charge is 0.336 e. The summed E-state index contributed by atoms with van der Waals surface area (Å²) in [6.07, 6.45) is 0. The van der Waals surface area contributed by atoms with Gasteiger partial charge < -0.3 is 9.88 Å². The van der Waals surface area contributed by atoms with Crippen LogP contribution in [0.5, 0.6) is 0 Å². The number of aryl methyl sites for hydroxylation is 3. The average Bonchev–Trinajstić information content (AvgIpc) is 2.81. The van der Waals surface area contributed by atoms with Crippen LogP contribution in [-0.2, 0) is 6.54 Å². The molecule has 25 heavy (non-hydrogen) atoms. The first kappa shape index (κ1) is 17.0. The number of nitrogens with one attached hydrogen (secondary N) is 1. The van der Waals surface area contributed by atoms with E-state index >= 15 is 0 Å². The predicted octanol–water partition coefficient (Wildman–Crippen LogP) is 4.85. The standard InChI is InChI=1S/C21H21FN2O/c1-14-6-4-7-17(10-14)13-24-16(3)11-15(2)20(24)21(25)23-19-9-5-8-18(22)12-19/h4-12H,13H2,1-3H3,(H,23,25). The second-order valence-electron chi connectivity index (χ2n) is 6.36. The molecule has 0 bridgehead atoms. The number of halogens is 1. The zero-order valence-corrected chi connectivity index (χ0v) is 14.6. The molecule has 3 nitrogen and oxygen atoms in total. The highest BCUT2D eigenvalue weighted by Gasteiger charge is 2.18. The number of aromatic nitrogens is 1. The smallest absolute Gasteiger partial charge is 0.272 e. The van der Waals surface area contributed by atoms with Gasteiger partial charge in [0.05, 0.1) is 0 Å². The highest BCUT2D eigenvalue weighted by Crippen LogP contribution is 2.20. The number of carbonyl (C=O) groups excluding carboxylic acids is 1. The zero-order valence-electron chi connectivity index (χ0n) is 14.6. The second-order valence-corrected chi connectivity index (χ2v) is 6.36. The molecule has 0 aliphatic rings. The van der Waals surface area contributed by atoms with E-state index in [0.29, 0.717) is 17.9 Å². The normalized spacial score (nSPS) is 10.7. The maximum Gasteiger partial charge on any atom is 0.272 e. The quantitative estimate of drug-likeness (QED) is 0.726. The minimum absolute atomic E-state index is 0.233. The van der Waals surface area contributed by atoms with Crippen molar-refractivity contribution in [1.82, 2.24) is 4.57 Å². The Morgan fingerprint density at radius 1 is 1.04 bits per heavy atom. The third-order valence-electron chi connectivity index (χ3n) is 4.22. The number of anilines is 1. The van der Waals surface area contributed by atoms with Gasteiger partial charge in [0.1, 0.15) is 11.5 Å². The molecule has 0 saturated heterocycles. The van der Waals surface area contributed by atoms with Crippen LogP contribution in [0.3, 0.4) is 0 Å². The van der Waals surface area contributed by atoms with Crippen molar-refractivity contribution in [3.05, 3.63) is 88.5 Å². The molecule has 0 unspecified atom stereocenters. The summed E-state index contributed by atoms with van der Waals surface area (Å²) in [7, 11) is 0. The van der Waals surface area contributed by atoms with E-state index in [1.54, 1.807) is 12.1 Å². The molecular weight excluding hydrogens is 315 g/mol. The van der Waals surface area contributed by atoms with Crippen molar-refractivity contribution in [2.45, 2.75) is 27.3 Å². The van der Waals surface area contributed by atoms with Gasteiger partial charge in [-0.1, -0.05) is 35.9 Å². The number of nitrogens with zero attached hydrogens (tertiary/aromatic N) is 1. The zero-order chi connectivity index (χ0) is 18.0. The van der Waals surface area contributed by atoms with Crippen LogP contribution < -0.4 is 5.32 Å². The van der Waals surface area contributed by atoms with Crippen LogP contribution in [0.15, 0.2) is 54.6 Å². The Morgan fingerprint density at radius 2 is 1.80 bits per heavy atom. The molecule has 0 saturated carbocycles. The molecule has 1 heterocycles. The highest BCUT2D eigenvalue weighted by atomic mass is 19.1. The number of amides is 1. The second kappa shape index (κ2) is 6.93. The van der Waals surface area contributed by atoms with Gasteiger partial charge in [0.2, 0.25) is 0 Å². The fourth-order valence-corrected chi connectivity index (χ4v) is 3.10. The highest BCUT2D eigenvalue weighted by molar-refractivity contribution is 6.04. The first-order chi connectivity index (χ1) is 11.9. The number of rotatable bonds is 4. The minimum atomic E-state index is -0.374. The number of hydrogen-bond donors (Lipinski definition) is 1. The summed E-state index contributed by atoms with van der Waals surface area (Å²) in [5.41, 5.74) is 5.29. The molecule has 4 heteroatoms. The predicted molar refractivity (Wildman–Crippen MR) is 98.5 cm³/mol. The molecule has 2 aromatic carbocycles. The van der Waals surface area contributed by atoms with E-state index < -0.39 is 0 Å². The Labute approximate surface area is 147 Å². The maximum absolute atomic E-state index is 13.4. The molecular formula is C21H21FN2O. The van der Waals surface area contributed by atoms with Crippen LogP contribution >= 0.6 is 0 Å². The number of carbonyl (C=O) groups is 1. The van der Waals surface area contributed by atoms with Crippen molar-refractivity contribution in [1.29, 1.82) is 0 Å². The molecule has 0 atom stereocenters. The average molecular weight is 336 g/mol. The van der Waals surface area contributed by atoms with Gasteiger partial charge in [-0.15, -0.1) is 0 Å². The molecule has 128 valence electrons. The van der Waals surface area contributed by atoms with Gasteiger partial charge >= 0.3 is 0 Å². The van der Waals surface area contributed by atoms with E-state index in [1.165, 1.54) is 17.7 Å². The van der Waals surface area contributed by atoms with Gasteiger partial charge in [0.25, 0.3) is 5.91 Å². The van der Waals surface area contributed by atoms with Crippen LogP contribution in [0.4, 0.5) is 10.1 Å². The Kier molecular flexibility index (Phi) is 4.70. The molecule has 0 spiro atoms. The van der Waals surface area contributed by atoms with Crippen molar-refractivity contribution in [3.8, 4) is 0 Å². The molecule has 0 radical (unpaired) electrons. The van der Waals surface area contributed by atoms with Crippen molar-refractivity contribution in [2.24, 2.45) is 0 Å². The summed E-state index contributed by atoms with van der Waals surface area (Å²) in [6.45, 7) is 6.57. The molecule has 1 N–H and O–H groups in total. The summed E-state index contributed by atoms with van der Waals surface area (Å²) >= 11 is 0. The summed E-state index contributed by atoms with van der Waals surface area (Å²) in [6, 6.07) is 16.2. The fraction of sp³-hybridized carbons (Fsp3) is 0.190. The van der Waals surface area contributed by atoms with Gasteiger partial charge in [-0.05, 0) is 56.2 Å². The van der Waals surface area contributed by atoms with Gasteiger partial charge in [-0.2, -0.15) is 0 Å². The third-order valence-corrected chi connectivity index (χ3v) is 4.22. The first-order valence-corrected chi connectivity index (χ1v) is 8.23. The Bertz CT molecular complexity index is 927. The summed E-state index contributed by atoms with van der Waals surface area (Å²) in [4.78, 5) is 12.8. The van der Waals surface area contributed by atoms with E-state index in [1.807, 2.05) is 30.5 Å². The van der Waals surface area contributed by atoms with Gasteiger partial charge in [-0.25, -0.2) is 4.39 Å². The lowest BCUT2D eigenvalue weighted by Crippen LogP contribution is -2.19. The van der Waals surface area contributed by atoms with Crippen molar-refractivity contribution in [3.63, 3.8) is 0 Å². The van der Waals surface area contributed by atoms with E-state index in [9.17, 15) is 9.18 Å². The van der Waals surface area contributed by atoms with E-state index in [0.717, 1.165) is 16.8 Å². The van der Waals surface area contributed by atoms with Crippen molar-refractivity contribution in [2.75, 3.05) is 5.32 Å². The van der Waals surface area contributed by atoms with E-state index in [-0.39, 0.29) is 11.7 Å². The molecule has 1 amide bonds. The molecule has 3 aromatic rings. The number of hydrogen-bond acceptors (Lipinski definition) is 1. The Hall–Kier alpha value is -2.88. The summed E-state index contributed by atoms with van der Waals surface area (Å²) < 4.78 is 15.4. The monoisotopic (exact) mass is 336 g/mol. The Morgan fingerprint density at radius 3 is 2.52 bits per heavy atom. The van der Waals surface area contributed by atoms with Crippen LogP contribution in [0, 0.1) is 26.6 Å². The molecule has 3 rings (SSSR count). The van der Waals surface area contributed by atoms with Crippen LogP contribution in [-0.4, -0.2) is 10.5 Å². The van der Waals surface area contributed by atoms with E-state index in [4.69, 9.17) is 0 Å². The molecule has 0 fully saturated rings. The first-order valence-electron chi connectivity index (χ1n) is 8.23. The summed E-state index contributed by atoms with van der Waals surface area (Å²) in [5.74, 6) is -0.607. The molecule has 1 aromatic heterocycles. The Balaban J connectivity index is 1.92.